The van der Waals surface area contributed by atoms with Crippen LogP contribution >= 0.6 is 11.6 Å². The number of amides is 1. The third-order valence-electron chi connectivity index (χ3n) is 6.82. The molecule has 1 atom stereocenters. The van der Waals surface area contributed by atoms with E-state index in [9.17, 15) is 24.0 Å². The van der Waals surface area contributed by atoms with Crippen molar-refractivity contribution in [2.24, 2.45) is 5.73 Å². The molecule has 1 aliphatic carbocycles. The van der Waals surface area contributed by atoms with Crippen molar-refractivity contribution in [3.8, 4) is 22.9 Å². The van der Waals surface area contributed by atoms with Crippen molar-refractivity contribution in [3.63, 3.8) is 0 Å². The van der Waals surface area contributed by atoms with E-state index in [1.807, 2.05) is 0 Å². The molecule has 1 saturated carbocycles. The Morgan fingerprint density at radius 3 is 2.66 bits per heavy atom. The van der Waals surface area contributed by atoms with E-state index in [0.29, 0.717) is 22.0 Å². The number of carbonyl (C=O) groups is 2. The molecule has 0 bridgehead atoms. The summed E-state index contributed by atoms with van der Waals surface area (Å²) in [6, 6.07) is 10.5. The Morgan fingerprint density at radius 1 is 1.22 bits per heavy atom. The van der Waals surface area contributed by atoms with Gasteiger partial charge in [-0.05, 0) is 48.7 Å². The summed E-state index contributed by atoms with van der Waals surface area (Å²) in [5.74, 6) is -1.21. The fourth-order valence-electron chi connectivity index (χ4n) is 4.55. The molecule has 5 rings (SSSR count). The first-order valence-corrected chi connectivity index (χ1v) is 13.0. The Hall–Kier alpha value is -4.82. The summed E-state index contributed by atoms with van der Waals surface area (Å²) in [4.78, 5) is 38.6. The number of hydrogen-bond donors (Lipinski definition) is 1. The Kier molecular flexibility index (Phi) is 7.68. The third-order valence-corrected chi connectivity index (χ3v) is 7.05. The molecule has 0 aliphatic heterocycles. The van der Waals surface area contributed by atoms with Crippen LogP contribution in [0.1, 0.15) is 58.1 Å². The van der Waals surface area contributed by atoms with Crippen molar-refractivity contribution >= 4 is 23.3 Å². The van der Waals surface area contributed by atoms with Crippen molar-refractivity contribution in [1.29, 1.82) is 5.26 Å². The van der Waals surface area contributed by atoms with Crippen LogP contribution < -0.4 is 16.0 Å². The number of rotatable bonds is 10. The van der Waals surface area contributed by atoms with E-state index in [0.717, 1.165) is 18.9 Å². The van der Waals surface area contributed by atoms with Crippen LogP contribution in [0, 0.1) is 17.1 Å². The Balaban J connectivity index is 1.56. The molecule has 2 heterocycles. The predicted molar refractivity (Wildman–Crippen MR) is 145 cm³/mol. The van der Waals surface area contributed by atoms with Crippen LogP contribution in [0.25, 0.3) is 11.1 Å². The van der Waals surface area contributed by atoms with Crippen molar-refractivity contribution < 1.29 is 23.1 Å². The fraction of sp³-hybridized carbons (Fsp3) is 0.241. The largest absolute Gasteiger partial charge is 0.495 e. The highest BCUT2D eigenvalue weighted by Crippen LogP contribution is 2.39. The van der Waals surface area contributed by atoms with Gasteiger partial charge in [-0.15, -0.1) is 10.2 Å². The van der Waals surface area contributed by atoms with E-state index in [4.69, 9.17) is 26.5 Å². The Morgan fingerprint density at radius 2 is 2.00 bits per heavy atom. The smallest absolute Gasteiger partial charge is 0.252 e. The lowest BCUT2D eigenvalue weighted by Crippen LogP contribution is -2.32. The van der Waals surface area contributed by atoms with E-state index >= 15 is 0 Å². The molecule has 2 aromatic carbocycles. The zero-order valence-corrected chi connectivity index (χ0v) is 22.5. The molecule has 0 radical (unpaired) electrons. The molecule has 1 fully saturated rings. The number of hydrogen-bond acceptors (Lipinski definition) is 8. The van der Waals surface area contributed by atoms with Gasteiger partial charge in [-0.25, -0.2) is 4.39 Å². The van der Waals surface area contributed by atoms with Gasteiger partial charge in [-0.2, -0.15) is 5.26 Å². The number of nitrogens with two attached hydrogens (primary N) is 1. The number of benzene rings is 2. The quantitative estimate of drug-likeness (QED) is 0.296. The highest BCUT2D eigenvalue weighted by atomic mass is 35.5. The molecule has 0 saturated heterocycles. The average molecular weight is 576 g/mol. The summed E-state index contributed by atoms with van der Waals surface area (Å²) in [5, 5.41) is 18.1. The summed E-state index contributed by atoms with van der Waals surface area (Å²) < 4.78 is 26.9. The van der Waals surface area contributed by atoms with Gasteiger partial charge >= 0.3 is 0 Å². The monoisotopic (exact) mass is 575 g/mol. The lowest BCUT2D eigenvalue weighted by Gasteiger charge is -2.20. The zero-order chi connectivity index (χ0) is 29.3. The summed E-state index contributed by atoms with van der Waals surface area (Å²) in [5.41, 5.74) is 5.57. The average Bonchev–Trinajstić information content (AvgIpc) is 3.69. The van der Waals surface area contributed by atoms with Crippen LogP contribution in [0.2, 0.25) is 5.02 Å². The molecule has 10 nitrogen and oxygen atoms in total. The number of nitriles is 1. The van der Waals surface area contributed by atoms with Gasteiger partial charge in [0.05, 0.1) is 36.9 Å². The molecule has 4 aromatic rings. The van der Waals surface area contributed by atoms with Gasteiger partial charge in [0.2, 0.25) is 11.8 Å². The fourth-order valence-corrected chi connectivity index (χ4v) is 4.72. The molecule has 12 heteroatoms. The maximum atomic E-state index is 14.4. The number of nitrogens with zero attached hydrogens (tertiary/aromatic N) is 4. The number of aromatic nitrogens is 3. The normalized spacial score (nSPS) is 13.4. The van der Waals surface area contributed by atoms with Crippen molar-refractivity contribution in [3.05, 3.63) is 98.3 Å². The number of halogens is 2. The standard InChI is InChI=1S/C29H23ClFN5O5/c1-40-25-14-36(27(38)11-21(25)20-10-18(30)6-5-17(20)13-32)23(12-26-34-35-29(41-26)16-3-4-16)24(37)9-15-2-7-19(28(33)39)22(31)8-15/h2,5-8,10-11,14,16,23H,3-4,9,12H2,1H3,(H2,33,39). The number of methoxy groups -OCH3 is 1. The third kappa shape index (κ3) is 5.88. The number of primary amides is 1. The molecule has 0 spiro atoms. The number of pyridine rings is 1. The van der Waals surface area contributed by atoms with Gasteiger partial charge in [0.1, 0.15) is 17.6 Å². The molecular weight excluding hydrogens is 553 g/mol. The van der Waals surface area contributed by atoms with Gasteiger partial charge < -0.3 is 19.5 Å². The minimum absolute atomic E-state index is 0.108. The second kappa shape index (κ2) is 11.3. The van der Waals surface area contributed by atoms with E-state index in [1.165, 1.54) is 42.1 Å². The summed E-state index contributed by atoms with van der Waals surface area (Å²) >= 11 is 6.16. The lowest BCUT2D eigenvalue weighted by atomic mass is 9.98. The first kappa shape index (κ1) is 27.7. The minimum atomic E-state index is -1.13. The van der Waals surface area contributed by atoms with Crippen LogP contribution in [0.15, 0.2) is 57.9 Å². The molecule has 2 N–H and O–H groups in total. The van der Waals surface area contributed by atoms with E-state index in [-0.39, 0.29) is 47.1 Å². The molecule has 1 aliphatic rings. The SMILES string of the molecule is COc1cn(C(Cc2nnc(C3CC3)o2)C(=O)Cc2ccc(C(N)=O)c(F)c2)c(=O)cc1-c1cc(Cl)ccc1C#N. The van der Waals surface area contributed by atoms with Crippen molar-refractivity contribution in [2.45, 2.75) is 37.6 Å². The molecular formula is C29H23ClFN5O5. The number of carbonyl (C=O) groups excluding carboxylic acids is 2. The van der Waals surface area contributed by atoms with E-state index in [2.05, 4.69) is 16.3 Å². The van der Waals surface area contributed by atoms with E-state index < -0.39 is 29.1 Å². The number of Topliss-reactive ketones (excluding diaryl/α,β-unsaturated/α-hetero) is 1. The highest BCUT2D eigenvalue weighted by Gasteiger charge is 2.31. The number of ketones is 1. The maximum Gasteiger partial charge on any atom is 0.252 e. The Bertz CT molecular complexity index is 1770. The van der Waals surface area contributed by atoms with Crippen molar-refractivity contribution in [2.75, 3.05) is 7.11 Å². The van der Waals surface area contributed by atoms with Crippen LogP contribution in [-0.2, 0) is 17.6 Å². The summed E-state index contributed by atoms with van der Waals surface area (Å²) in [6.45, 7) is 0. The Labute approximate surface area is 238 Å². The molecule has 41 heavy (non-hydrogen) atoms. The van der Waals surface area contributed by atoms with Crippen LogP contribution in [0.3, 0.4) is 0 Å². The van der Waals surface area contributed by atoms with Gasteiger partial charge in [0, 0.05) is 34.6 Å². The topological polar surface area (TPSA) is 154 Å². The second-order valence-corrected chi connectivity index (χ2v) is 10.1. The van der Waals surface area contributed by atoms with Gasteiger partial charge in [0.15, 0.2) is 5.78 Å². The first-order chi connectivity index (χ1) is 19.7. The molecule has 2 aromatic heterocycles. The zero-order valence-electron chi connectivity index (χ0n) is 21.8. The summed E-state index contributed by atoms with van der Waals surface area (Å²) in [6.07, 6.45) is 2.86. The highest BCUT2D eigenvalue weighted by molar-refractivity contribution is 6.31. The van der Waals surface area contributed by atoms with Crippen molar-refractivity contribution in [1.82, 2.24) is 14.8 Å². The molecule has 208 valence electrons. The molecule has 1 amide bonds. The lowest BCUT2D eigenvalue weighted by molar-refractivity contribution is -0.121. The van der Waals surface area contributed by atoms with Crippen LogP contribution in [-0.4, -0.2) is 33.6 Å². The van der Waals surface area contributed by atoms with E-state index in [1.54, 1.807) is 12.1 Å². The number of ether oxygens (including phenoxy) is 1. The molecule has 1 unspecified atom stereocenters. The first-order valence-electron chi connectivity index (χ1n) is 12.6. The summed E-state index contributed by atoms with van der Waals surface area (Å²) in [7, 11) is 1.39. The van der Waals surface area contributed by atoms with Gasteiger partial charge in [-0.3, -0.25) is 14.4 Å². The van der Waals surface area contributed by atoms with Crippen LogP contribution in [0.4, 0.5) is 4.39 Å². The van der Waals surface area contributed by atoms with Gasteiger partial charge in [0.25, 0.3) is 11.5 Å². The second-order valence-electron chi connectivity index (χ2n) is 9.65. The van der Waals surface area contributed by atoms with Crippen LogP contribution in [0.5, 0.6) is 5.75 Å². The minimum Gasteiger partial charge on any atom is -0.495 e. The maximum absolute atomic E-state index is 14.4. The predicted octanol–water partition coefficient (Wildman–Crippen LogP) is 4.14. The van der Waals surface area contributed by atoms with Gasteiger partial charge in [-0.1, -0.05) is 17.7 Å².